The summed E-state index contributed by atoms with van der Waals surface area (Å²) in [5.74, 6) is 0.755. The van der Waals surface area contributed by atoms with Gasteiger partial charge < -0.3 is 4.74 Å². The van der Waals surface area contributed by atoms with Gasteiger partial charge in [0.1, 0.15) is 16.7 Å². The molecule has 0 aliphatic rings. The molecule has 0 spiro atoms. The summed E-state index contributed by atoms with van der Waals surface area (Å²) in [5.41, 5.74) is 3.06. The molecule has 3 aromatic rings. The Morgan fingerprint density at radius 3 is 2.57 bits per heavy atom. The summed E-state index contributed by atoms with van der Waals surface area (Å²) in [6.07, 6.45) is 3.52. The number of aryl methyl sites for hydroxylation is 1. The van der Waals surface area contributed by atoms with Gasteiger partial charge in [-0.1, -0.05) is 48.5 Å². The van der Waals surface area contributed by atoms with Crippen LogP contribution in [0, 0.1) is 11.3 Å². The van der Waals surface area contributed by atoms with Crippen LogP contribution in [0.1, 0.15) is 17.5 Å². The number of nitriles is 1. The summed E-state index contributed by atoms with van der Waals surface area (Å²) >= 11 is 0. The van der Waals surface area contributed by atoms with Gasteiger partial charge in [0.25, 0.3) is 0 Å². The number of hydrogen-bond donors (Lipinski definition) is 0. The Hall–Kier alpha value is -2.84. The third kappa shape index (κ3) is 4.90. The smallest absolute Gasteiger partial charge is 0.124 e. The minimum absolute atomic E-state index is 0.440. The van der Waals surface area contributed by atoms with Gasteiger partial charge in [0.05, 0.1) is 18.4 Å². The Balaban J connectivity index is 1.74. The Labute approximate surface area is 169 Å². The number of hydrogen-bond acceptors (Lipinski definition) is 3. The molecule has 0 aliphatic heterocycles. The first kappa shape index (κ1) is 19.9. The molecule has 1 unspecified atom stereocenters. The maximum Gasteiger partial charge on any atom is 0.124 e. The first-order valence-corrected chi connectivity index (χ1v) is 10.8. The van der Waals surface area contributed by atoms with Crippen molar-refractivity contribution in [3.63, 3.8) is 0 Å². The van der Waals surface area contributed by atoms with Crippen LogP contribution in [0.5, 0.6) is 5.75 Å². The molecular formula is C23H24N2O2S. The van der Waals surface area contributed by atoms with Crippen molar-refractivity contribution in [3.8, 4) is 11.8 Å². The van der Waals surface area contributed by atoms with Crippen molar-refractivity contribution in [1.29, 1.82) is 5.26 Å². The van der Waals surface area contributed by atoms with Crippen LogP contribution in [0.2, 0.25) is 0 Å². The van der Waals surface area contributed by atoms with E-state index in [9.17, 15) is 4.21 Å². The van der Waals surface area contributed by atoms with E-state index in [0.29, 0.717) is 19.4 Å². The first-order chi connectivity index (χ1) is 13.6. The number of benzene rings is 3. The zero-order valence-corrected chi connectivity index (χ0v) is 17.0. The highest BCUT2D eigenvalue weighted by Gasteiger charge is 2.10. The van der Waals surface area contributed by atoms with E-state index in [1.807, 2.05) is 30.3 Å². The molecule has 0 aromatic heterocycles. The largest absolute Gasteiger partial charge is 0.493 e. The standard InChI is InChI=1S/C23H24N2O2S/c1-25(28(2)26)22-12-11-20(8-5-14-24)23(17-22)27-15-13-18-9-10-19-6-3-4-7-21(19)16-18/h3-4,6-7,9-12,16-17H,5,8,13,15H2,1-2H3. The van der Waals surface area contributed by atoms with Crippen molar-refractivity contribution in [2.75, 3.05) is 24.2 Å². The van der Waals surface area contributed by atoms with Gasteiger partial charge in [-0.3, -0.25) is 4.31 Å². The van der Waals surface area contributed by atoms with Crippen LogP contribution in [0.15, 0.2) is 60.7 Å². The average molecular weight is 393 g/mol. The molecule has 0 saturated heterocycles. The van der Waals surface area contributed by atoms with Crippen LogP contribution in [0.3, 0.4) is 0 Å². The fraction of sp³-hybridized carbons (Fsp3) is 0.261. The van der Waals surface area contributed by atoms with Crippen LogP contribution in [-0.4, -0.2) is 24.1 Å². The van der Waals surface area contributed by atoms with Gasteiger partial charge in [-0.25, -0.2) is 4.21 Å². The first-order valence-electron chi connectivity index (χ1n) is 9.26. The summed E-state index contributed by atoms with van der Waals surface area (Å²) in [6, 6.07) is 22.7. The third-order valence-corrected chi connectivity index (χ3v) is 5.75. The lowest BCUT2D eigenvalue weighted by atomic mass is 10.1. The number of fused-ring (bicyclic) bond motifs is 1. The van der Waals surface area contributed by atoms with Crippen molar-refractivity contribution in [2.24, 2.45) is 0 Å². The minimum Gasteiger partial charge on any atom is -0.493 e. The number of rotatable bonds is 8. The second-order valence-corrected chi connectivity index (χ2v) is 8.05. The fourth-order valence-electron chi connectivity index (χ4n) is 3.09. The van der Waals surface area contributed by atoms with Gasteiger partial charge >= 0.3 is 0 Å². The molecule has 144 valence electrons. The van der Waals surface area contributed by atoms with Crippen LogP contribution in [0.25, 0.3) is 10.8 Å². The molecule has 3 rings (SSSR count). The van der Waals surface area contributed by atoms with Crippen molar-refractivity contribution < 1.29 is 8.95 Å². The summed E-state index contributed by atoms with van der Waals surface area (Å²) in [5, 5.41) is 11.4. The molecule has 0 fully saturated rings. The Kier molecular flexibility index (Phi) is 6.67. The maximum atomic E-state index is 11.8. The highest BCUT2D eigenvalue weighted by Crippen LogP contribution is 2.27. The topological polar surface area (TPSA) is 53.3 Å². The molecule has 0 saturated carbocycles. The van der Waals surface area contributed by atoms with Gasteiger partial charge in [0.15, 0.2) is 0 Å². The third-order valence-electron chi connectivity index (χ3n) is 4.77. The normalized spacial score (nSPS) is 11.8. The Morgan fingerprint density at radius 1 is 1.04 bits per heavy atom. The Morgan fingerprint density at radius 2 is 1.82 bits per heavy atom. The van der Waals surface area contributed by atoms with E-state index in [1.165, 1.54) is 16.3 Å². The SMILES string of the molecule is CN(c1ccc(CCC#N)c(OCCc2ccc3ccccc3c2)c1)S(C)=O. The molecule has 1 atom stereocenters. The molecule has 5 heteroatoms. The van der Waals surface area contributed by atoms with E-state index in [1.54, 1.807) is 17.6 Å². The second kappa shape index (κ2) is 9.38. The van der Waals surface area contributed by atoms with Crippen LogP contribution in [-0.2, 0) is 23.8 Å². The van der Waals surface area contributed by atoms with Gasteiger partial charge in [0.2, 0.25) is 0 Å². The van der Waals surface area contributed by atoms with E-state index in [-0.39, 0.29) is 0 Å². The number of nitrogens with zero attached hydrogens (tertiary/aromatic N) is 2. The van der Waals surface area contributed by atoms with E-state index < -0.39 is 11.0 Å². The summed E-state index contributed by atoms with van der Waals surface area (Å²) in [6.45, 7) is 0.542. The van der Waals surface area contributed by atoms with E-state index >= 15 is 0 Å². The predicted octanol–water partition coefficient (Wildman–Crippen LogP) is 4.65. The van der Waals surface area contributed by atoms with Crippen molar-refractivity contribution in [3.05, 3.63) is 71.8 Å². The molecular weight excluding hydrogens is 368 g/mol. The van der Waals surface area contributed by atoms with Crippen LogP contribution >= 0.6 is 0 Å². The quantitative estimate of drug-likeness (QED) is 0.561. The number of anilines is 1. The highest BCUT2D eigenvalue weighted by atomic mass is 32.2. The molecule has 0 aliphatic carbocycles. The molecule has 0 heterocycles. The zero-order chi connectivity index (χ0) is 19.9. The molecule has 28 heavy (non-hydrogen) atoms. The lowest BCUT2D eigenvalue weighted by Gasteiger charge is -2.18. The predicted molar refractivity (Wildman–Crippen MR) is 116 cm³/mol. The zero-order valence-electron chi connectivity index (χ0n) is 16.2. The molecule has 0 bridgehead atoms. The van der Waals surface area contributed by atoms with Gasteiger partial charge in [-0.2, -0.15) is 5.26 Å². The van der Waals surface area contributed by atoms with E-state index in [4.69, 9.17) is 10.00 Å². The monoisotopic (exact) mass is 392 g/mol. The van der Waals surface area contributed by atoms with E-state index in [0.717, 1.165) is 23.4 Å². The summed E-state index contributed by atoms with van der Waals surface area (Å²) < 4.78 is 19.6. The van der Waals surface area contributed by atoms with Crippen molar-refractivity contribution >= 4 is 27.4 Å². The minimum atomic E-state index is -1.11. The van der Waals surface area contributed by atoms with Crippen LogP contribution in [0.4, 0.5) is 5.69 Å². The average Bonchev–Trinajstić information content (AvgIpc) is 2.72. The molecule has 3 aromatic carbocycles. The van der Waals surface area contributed by atoms with Crippen molar-refractivity contribution in [2.45, 2.75) is 19.3 Å². The van der Waals surface area contributed by atoms with E-state index in [2.05, 4.69) is 36.4 Å². The fourth-order valence-corrected chi connectivity index (χ4v) is 3.50. The summed E-state index contributed by atoms with van der Waals surface area (Å²) in [7, 11) is 0.686. The molecule has 0 amide bonds. The molecule has 0 N–H and O–H groups in total. The highest BCUT2D eigenvalue weighted by molar-refractivity contribution is 7.85. The Bertz CT molecular complexity index is 1030. The molecule has 4 nitrogen and oxygen atoms in total. The lowest BCUT2D eigenvalue weighted by molar-refractivity contribution is 0.319. The van der Waals surface area contributed by atoms with Gasteiger partial charge in [-0.15, -0.1) is 0 Å². The number of ether oxygens (including phenoxy) is 1. The molecule has 0 radical (unpaired) electrons. The summed E-state index contributed by atoms with van der Waals surface area (Å²) in [4.78, 5) is 0. The van der Waals surface area contributed by atoms with Crippen LogP contribution < -0.4 is 9.04 Å². The maximum absolute atomic E-state index is 11.8. The van der Waals surface area contributed by atoms with Gasteiger partial charge in [0, 0.05) is 32.2 Å². The van der Waals surface area contributed by atoms with Gasteiger partial charge in [-0.05, 0) is 34.4 Å². The van der Waals surface area contributed by atoms with Crippen molar-refractivity contribution in [1.82, 2.24) is 0 Å². The lowest BCUT2D eigenvalue weighted by Crippen LogP contribution is -2.18. The second-order valence-electron chi connectivity index (χ2n) is 6.65.